The highest BCUT2D eigenvalue weighted by Crippen LogP contribution is 2.31. The number of hydrogen-bond donors (Lipinski definition) is 2. The van der Waals surface area contributed by atoms with Gasteiger partial charge in [0, 0.05) is 11.1 Å². The van der Waals surface area contributed by atoms with Crippen LogP contribution in [0.5, 0.6) is 5.75 Å². The minimum absolute atomic E-state index is 0.107. The molecule has 0 saturated heterocycles. The molecule has 1 heterocycles. The summed E-state index contributed by atoms with van der Waals surface area (Å²) in [6, 6.07) is 19.6. The monoisotopic (exact) mass is 456 g/mol. The van der Waals surface area contributed by atoms with Crippen LogP contribution in [-0.4, -0.2) is 21.4 Å². The summed E-state index contributed by atoms with van der Waals surface area (Å²) in [6.45, 7) is 0. The Labute approximate surface area is 183 Å². The van der Waals surface area contributed by atoms with Gasteiger partial charge >= 0.3 is 0 Å². The van der Waals surface area contributed by atoms with Crippen molar-refractivity contribution in [2.24, 2.45) is 0 Å². The second kappa shape index (κ2) is 8.33. The minimum Gasteiger partial charge on any atom is -0.495 e. The fraction of sp³-hybridized carbons (Fsp3) is 0.0455. The fourth-order valence-electron chi connectivity index (χ4n) is 2.99. The summed E-state index contributed by atoms with van der Waals surface area (Å²) in [5.41, 5.74) is 1.06. The average Bonchev–Trinajstić information content (AvgIpc) is 3.20. The smallest absolute Gasteiger partial charge is 0.291 e. The Kier molecular flexibility index (Phi) is 5.58. The first-order chi connectivity index (χ1) is 14.9. The predicted molar refractivity (Wildman–Crippen MR) is 119 cm³/mol. The van der Waals surface area contributed by atoms with Crippen LogP contribution in [0.1, 0.15) is 10.6 Å². The zero-order valence-electron chi connectivity index (χ0n) is 16.3. The lowest BCUT2D eigenvalue weighted by molar-refractivity contribution is 0.0998. The summed E-state index contributed by atoms with van der Waals surface area (Å²) in [5, 5.41) is 3.69. The van der Waals surface area contributed by atoms with E-state index in [2.05, 4.69) is 10.0 Å². The average molecular weight is 457 g/mol. The molecule has 4 rings (SSSR count). The number of amides is 1. The number of carbonyl (C=O) groups excluding carboxylic acids is 1. The van der Waals surface area contributed by atoms with Crippen LogP contribution in [0.3, 0.4) is 0 Å². The molecule has 0 saturated carbocycles. The number of furan rings is 1. The second-order valence-electron chi connectivity index (χ2n) is 6.55. The van der Waals surface area contributed by atoms with Crippen molar-refractivity contribution in [3.05, 3.63) is 83.6 Å². The largest absolute Gasteiger partial charge is 0.495 e. The minimum atomic E-state index is -4.06. The first-order valence-corrected chi connectivity index (χ1v) is 11.0. The van der Waals surface area contributed by atoms with E-state index >= 15 is 0 Å². The van der Waals surface area contributed by atoms with Gasteiger partial charge in [-0.1, -0.05) is 41.9 Å². The van der Waals surface area contributed by atoms with E-state index in [0.717, 1.165) is 5.39 Å². The van der Waals surface area contributed by atoms with E-state index < -0.39 is 15.9 Å². The van der Waals surface area contributed by atoms with Gasteiger partial charge in [0.2, 0.25) is 0 Å². The van der Waals surface area contributed by atoms with E-state index in [0.29, 0.717) is 5.58 Å². The van der Waals surface area contributed by atoms with E-state index in [9.17, 15) is 13.2 Å². The predicted octanol–water partition coefficient (Wildman–Crippen LogP) is 5.15. The molecule has 31 heavy (non-hydrogen) atoms. The highest BCUT2D eigenvalue weighted by Gasteiger charge is 2.22. The lowest BCUT2D eigenvalue weighted by Crippen LogP contribution is -2.16. The second-order valence-corrected chi connectivity index (χ2v) is 8.61. The molecule has 0 bridgehead atoms. The Morgan fingerprint density at radius 3 is 2.48 bits per heavy atom. The molecule has 0 fully saturated rings. The maximum Gasteiger partial charge on any atom is 0.291 e. The van der Waals surface area contributed by atoms with Crippen LogP contribution in [0.2, 0.25) is 5.02 Å². The van der Waals surface area contributed by atoms with Crippen molar-refractivity contribution in [2.45, 2.75) is 4.90 Å². The lowest BCUT2D eigenvalue weighted by atomic mass is 10.2. The molecule has 0 aliphatic heterocycles. The summed E-state index contributed by atoms with van der Waals surface area (Å²) in [7, 11) is -2.70. The van der Waals surface area contributed by atoms with Crippen LogP contribution in [0.4, 0.5) is 11.4 Å². The van der Waals surface area contributed by atoms with Crippen molar-refractivity contribution in [2.75, 3.05) is 17.1 Å². The number of carbonyl (C=O) groups is 1. The Morgan fingerprint density at radius 2 is 1.74 bits per heavy atom. The van der Waals surface area contributed by atoms with Crippen molar-refractivity contribution in [3.63, 3.8) is 0 Å². The first kappa shape index (κ1) is 20.8. The number of benzene rings is 3. The highest BCUT2D eigenvalue weighted by atomic mass is 35.5. The molecule has 158 valence electrons. The number of ether oxygens (including phenoxy) is 1. The van der Waals surface area contributed by atoms with Crippen LogP contribution < -0.4 is 14.8 Å². The lowest BCUT2D eigenvalue weighted by Gasteiger charge is -2.14. The molecule has 0 unspecified atom stereocenters. The Morgan fingerprint density at radius 1 is 1.00 bits per heavy atom. The number of rotatable bonds is 6. The summed E-state index contributed by atoms with van der Waals surface area (Å²) in [6.07, 6.45) is 0. The number of fused-ring (bicyclic) bond motifs is 1. The first-order valence-electron chi connectivity index (χ1n) is 9.13. The maximum atomic E-state index is 13.0. The van der Waals surface area contributed by atoms with Gasteiger partial charge in [0.15, 0.2) is 5.76 Å². The van der Waals surface area contributed by atoms with Crippen molar-refractivity contribution >= 4 is 49.9 Å². The molecule has 1 aromatic heterocycles. The Hall–Kier alpha value is -3.49. The van der Waals surface area contributed by atoms with E-state index in [-0.39, 0.29) is 32.8 Å². The zero-order chi connectivity index (χ0) is 22.0. The van der Waals surface area contributed by atoms with Gasteiger partial charge in [0.1, 0.15) is 16.2 Å². The third kappa shape index (κ3) is 4.35. The van der Waals surface area contributed by atoms with E-state index in [4.69, 9.17) is 20.8 Å². The number of para-hydroxylation sites is 2. The van der Waals surface area contributed by atoms with Crippen molar-refractivity contribution < 1.29 is 22.4 Å². The number of halogens is 1. The topological polar surface area (TPSA) is 97.6 Å². The zero-order valence-corrected chi connectivity index (χ0v) is 17.8. The maximum absolute atomic E-state index is 13.0. The summed E-state index contributed by atoms with van der Waals surface area (Å²) in [5.74, 6) is -0.291. The van der Waals surface area contributed by atoms with Crippen LogP contribution in [-0.2, 0) is 10.0 Å². The van der Waals surface area contributed by atoms with Gasteiger partial charge in [-0.2, -0.15) is 0 Å². The molecular formula is C22H17ClN2O5S. The number of nitrogens with one attached hydrogen (secondary N) is 2. The molecule has 3 aromatic carbocycles. The number of methoxy groups -OCH3 is 1. The quantitative estimate of drug-likeness (QED) is 0.418. The molecule has 9 heteroatoms. The molecule has 0 aliphatic rings. The van der Waals surface area contributed by atoms with Crippen LogP contribution >= 0.6 is 11.6 Å². The molecule has 0 atom stereocenters. The standard InChI is InChI=1S/C22H17ClN2O5S/c1-29-19-11-10-15(24-22(26)20-12-14-6-2-5-9-18(14)30-20)13-21(19)31(27,28)25-17-8-4-3-7-16(17)23/h2-13,25H,1H3,(H,24,26). The van der Waals surface area contributed by atoms with Gasteiger partial charge in [-0.3, -0.25) is 9.52 Å². The third-order valence-electron chi connectivity index (χ3n) is 4.48. The Bertz CT molecular complexity index is 1350. The molecule has 7 nitrogen and oxygen atoms in total. The normalized spacial score (nSPS) is 11.3. The molecule has 4 aromatic rings. The van der Waals surface area contributed by atoms with Crippen LogP contribution in [0, 0.1) is 0 Å². The van der Waals surface area contributed by atoms with Gasteiger partial charge < -0.3 is 14.5 Å². The van der Waals surface area contributed by atoms with Crippen molar-refractivity contribution in [3.8, 4) is 5.75 Å². The molecule has 0 spiro atoms. The van der Waals surface area contributed by atoms with E-state index in [1.165, 1.54) is 25.3 Å². The molecule has 0 radical (unpaired) electrons. The van der Waals surface area contributed by atoms with Gasteiger partial charge in [-0.05, 0) is 42.5 Å². The number of anilines is 2. The highest BCUT2D eigenvalue weighted by molar-refractivity contribution is 7.92. The molecule has 0 aliphatic carbocycles. The number of sulfonamides is 1. The van der Waals surface area contributed by atoms with Crippen LogP contribution in [0.25, 0.3) is 11.0 Å². The van der Waals surface area contributed by atoms with Crippen molar-refractivity contribution in [1.82, 2.24) is 0 Å². The SMILES string of the molecule is COc1ccc(NC(=O)c2cc3ccccc3o2)cc1S(=O)(=O)Nc1ccccc1Cl. The van der Waals surface area contributed by atoms with E-state index in [1.54, 1.807) is 42.5 Å². The van der Waals surface area contributed by atoms with Gasteiger partial charge in [0.05, 0.1) is 17.8 Å². The Balaban J connectivity index is 1.64. The summed E-state index contributed by atoms with van der Waals surface area (Å²) < 4.78 is 39.1. The van der Waals surface area contributed by atoms with Crippen LogP contribution in [0.15, 0.2) is 82.1 Å². The molecular weight excluding hydrogens is 440 g/mol. The van der Waals surface area contributed by atoms with Crippen molar-refractivity contribution in [1.29, 1.82) is 0 Å². The fourth-order valence-corrected chi connectivity index (χ4v) is 4.51. The summed E-state index contributed by atoms with van der Waals surface area (Å²) >= 11 is 6.07. The summed E-state index contributed by atoms with van der Waals surface area (Å²) in [4.78, 5) is 12.5. The number of hydrogen-bond acceptors (Lipinski definition) is 5. The molecule has 2 N–H and O–H groups in total. The van der Waals surface area contributed by atoms with E-state index in [1.807, 2.05) is 12.1 Å². The van der Waals surface area contributed by atoms with Gasteiger partial charge in [0.25, 0.3) is 15.9 Å². The molecule has 1 amide bonds. The third-order valence-corrected chi connectivity index (χ3v) is 6.19. The van der Waals surface area contributed by atoms with Gasteiger partial charge in [-0.15, -0.1) is 0 Å². The van der Waals surface area contributed by atoms with Gasteiger partial charge in [-0.25, -0.2) is 8.42 Å².